The molecule has 1 aliphatic heterocycles. The molecule has 1 saturated heterocycles. The van der Waals surface area contributed by atoms with Gasteiger partial charge in [0.1, 0.15) is 9.84 Å². The molecule has 0 amide bonds. The monoisotopic (exact) mass is 422 g/mol. The van der Waals surface area contributed by atoms with Gasteiger partial charge >= 0.3 is 0 Å². The van der Waals surface area contributed by atoms with Gasteiger partial charge in [-0.1, -0.05) is 13.8 Å². The highest BCUT2D eigenvalue weighted by atomic mass is 32.1. The number of hydrogen-bond donors (Lipinski definition) is 1. The summed E-state index contributed by atoms with van der Waals surface area (Å²) >= 11 is 3.60. The van der Waals surface area contributed by atoms with E-state index in [1.54, 1.807) is 11.3 Å². The predicted molar refractivity (Wildman–Crippen MR) is 126 cm³/mol. The Bertz CT molecular complexity index is 1160. The van der Waals surface area contributed by atoms with Crippen LogP contribution in [0.1, 0.15) is 43.9 Å². The van der Waals surface area contributed by atoms with Crippen LogP contribution in [0.4, 0.5) is 5.69 Å². The number of likely N-dealkylation sites (tertiary alicyclic amines) is 1. The molecule has 2 atom stereocenters. The number of hydrogen-bond acceptors (Lipinski definition) is 6. The Labute approximate surface area is 179 Å². The standard InChI is InChI=1S/C23H26N4S2/c1-3-19-16(6-5-11-27(19)4-2)21-13-17-15(9-10-25-22(17)29-21)23-26-18-12-14(24)7-8-20(18)28-23/h7-10,12-13,16,19H,3-6,11,24H2,1-2H3. The summed E-state index contributed by atoms with van der Waals surface area (Å²) in [5, 5.41) is 2.29. The molecule has 1 aliphatic rings. The number of likely N-dealkylation sites (N-methyl/N-ethyl adjacent to an activating group) is 1. The van der Waals surface area contributed by atoms with Gasteiger partial charge < -0.3 is 10.6 Å². The molecule has 0 spiro atoms. The van der Waals surface area contributed by atoms with E-state index in [9.17, 15) is 0 Å². The quantitative estimate of drug-likeness (QED) is 0.402. The Morgan fingerprint density at radius 2 is 2.07 bits per heavy atom. The number of aromatic nitrogens is 2. The molecule has 2 N–H and O–H groups in total. The molecule has 4 heterocycles. The van der Waals surface area contributed by atoms with E-state index in [4.69, 9.17) is 15.7 Å². The molecule has 4 nitrogen and oxygen atoms in total. The second kappa shape index (κ2) is 7.67. The minimum Gasteiger partial charge on any atom is -0.399 e. The molecule has 2 unspecified atom stereocenters. The van der Waals surface area contributed by atoms with E-state index in [1.165, 1.54) is 46.3 Å². The minimum atomic E-state index is 0.607. The maximum atomic E-state index is 5.95. The fourth-order valence-electron chi connectivity index (χ4n) is 4.78. The molecular weight excluding hydrogens is 396 g/mol. The molecule has 1 fully saturated rings. The van der Waals surface area contributed by atoms with Gasteiger partial charge in [0, 0.05) is 39.7 Å². The number of nitrogens with zero attached hydrogens (tertiary/aromatic N) is 3. The largest absolute Gasteiger partial charge is 0.399 e. The van der Waals surface area contributed by atoms with Crippen molar-refractivity contribution in [3.63, 3.8) is 0 Å². The fraction of sp³-hybridized carbons (Fsp3) is 0.391. The van der Waals surface area contributed by atoms with Gasteiger partial charge in [0.2, 0.25) is 0 Å². The molecule has 0 radical (unpaired) electrons. The number of nitrogens with two attached hydrogens (primary N) is 1. The second-order valence-electron chi connectivity index (χ2n) is 7.83. The molecule has 6 heteroatoms. The number of benzene rings is 1. The highest BCUT2D eigenvalue weighted by Gasteiger charge is 2.31. The van der Waals surface area contributed by atoms with E-state index in [-0.39, 0.29) is 0 Å². The van der Waals surface area contributed by atoms with Gasteiger partial charge in [-0.05, 0) is 62.7 Å². The smallest absolute Gasteiger partial charge is 0.125 e. The van der Waals surface area contributed by atoms with Crippen molar-refractivity contribution in [1.29, 1.82) is 0 Å². The van der Waals surface area contributed by atoms with Gasteiger partial charge in [0.05, 0.1) is 10.2 Å². The summed E-state index contributed by atoms with van der Waals surface area (Å²) in [4.78, 5) is 14.8. The summed E-state index contributed by atoms with van der Waals surface area (Å²) in [5.41, 5.74) is 8.87. The molecule has 0 aliphatic carbocycles. The van der Waals surface area contributed by atoms with Crippen molar-refractivity contribution in [2.24, 2.45) is 0 Å². The van der Waals surface area contributed by atoms with E-state index in [1.807, 2.05) is 29.7 Å². The third-order valence-electron chi connectivity index (χ3n) is 6.18. The zero-order chi connectivity index (χ0) is 20.0. The van der Waals surface area contributed by atoms with Crippen molar-refractivity contribution in [2.45, 2.75) is 45.1 Å². The highest BCUT2D eigenvalue weighted by molar-refractivity contribution is 7.22. The summed E-state index contributed by atoms with van der Waals surface area (Å²) in [6.07, 6.45) is 5.68. The SMILES string of the molecule is CCC1C(c2cc3c(-c4nc5cc(N)ccc5s4)ccnc3s2)CCCN1CC. The first-order chi connectivity index (χ1) is 14.2. The zero-order valence-corrected chi connectivity index (χ0v) is 18.5. The van der Waals surface area contributed by atoms with E-state index in [0.717, 1.165) is 27.6 Å². The Balaban J connectivity index is 1.59. The number of nitrogen functional groups attached to an aromatic ring is 1. The van der Waals surface area contributed by atoms with Crippen molar-refractivity contribution >= 4 is 48.8 Å². The Hall–Kier alpha value is -2.02. The van der Waals surface area contributed by atoms with Crippen LogP contribution in [0, 0.1) is 0 Å². The topological polar surface area (TPSA) is 55.0 Å². The maximum Gasteiger partial charge on any atom is 0.125 e. The zero-order valence-electron chi connectivity index (χ0n) is 16.9. The average molecular weight is 423 g/mol. The van der Waals surface area contributed by atoms with Gasteiger partial charge in [0.15, 0.2) is 0 Å². The Morgan fingerprint density at radius 3 is 2.90 bits per heavy atom. The number of thiazole rings is 1. The van der Waals surface area contributed by atoms with Crippen LogP contribution in [0.5, 0.6) is 0 Å². The van der Waals surface area contributed by atoms with Crippen molar-refractivity contribution in [1.82, 2.24) is 14.9 Å². The fourth-order valence-corrected chi connectivity index (χ4v) is 6.99. The molecule has 4 aromatic rings. The summed E-state index contributed by atoms with van der Waals surface area (Å²) < 4.78 is 1.17. The van der Waals surface area contributed by atoms with Crippen LogP contribution >= 0.6 is 22.7 Å². The van der Waals surface area contributed by atoms with E-state index >= 15 is 0 Å². The van der Waals surface area contributed by atoms with Crippen molar-refractivity contribution in [3.05, 3.63) is 41.4 Å². The first kappa shape index (κ1) is 19.0. The van der Waals surface area contributed by atoms with Crippen LogP contribution in [0.15, 0.2) is 36.5 Å². The molecule has 0 saturated carbocycles. The van der Waals surface area contributed by atoms with Crippen molar-refractivity contribution < 1.29 is 0 Å². The third-order valence-corrected chi connectivity index (χ3v) is 8.43. The molecule has 150 valence electrons. The molecular formula is C23H26N4S2. The molecule has 0 bridgehead atoms. The Kier molecular flexibility index (Phi) is 5.02. The van der Waals surface area contributed by atoms with Crippen LogP contribution < -0.4 is 5.73 Å². The van der Waals surface area contributed by atoms with Gasteiger partial charge in [-0.3, -0.25) is 0 Å². The number of rotatable bonds is 4. The summed E-state index contributed by atoms with van der Waals surface area (Å²) in [6, 6.07) is 11.1. The van der Waals surface area contributed by atoms with Crippen LogP contribution in [0.3, 0.4) is 0 Å². The summed E-state index contributed by atoms with van der Waals surface area (Å²) in [5.74, 6) is 0.607. The van der Waals surface area contributed by atoms with Crippen LogP contribution in [0.25, 0.3) is 31.0 Å². The lowest BCUT2D eigenvalue weighted by molar-refractivity contribution is 0.131. The van der Waals surface area contributed by atoms with E-state index in [0.29, 0.717) is 12.0 Å². The van der Waals surface area contributed by atoms with Gasteiger partial charge in [-0.2, -0.15) is 0 Å². The molecule has 1 aromatic carbocycles. The molecule has 5 rings (SSSR count). The van der Waals surface area contributed by atoms with Gasteiger partial charge in [0.25, 0.3) is 0 Å². The number of fused-ring (bicyclic) bond motifs is 2. The first-order valence-corrected chi connectivity index (χ1v) is 12.1. The number of anilines is 1. The van der Waals surface area contributed by atoms with Crippen LogP contribution in [0.2, 0.25) is 0 Å². The van der Waals surface area contributed by atoms with Crippen LogP contribution in [-0.4, -0.2) is 34.0 Å². The second-order valence-corrected chi connectivity index (χ2v) is 9.92. The number of piperidine rings is 1. The third kappa shape index (κ3) is 3.33. The average Bonchev–Trinajstić information content (AvgIpc) is 3.36. The summed E-state index contributed by atoms with van der Waals surface area (Å²) in [7, 11) is 0. The number of pyridine rings is 1. The van der Waals surface area contributed by atoms with Gasteiger partial charge in [-0.15, -0.1) is 22.7 Å². The maximum absolute atomic E-state index is 5.95. The lowest BCUT2D eigenvalue weighted by atomic mass is 9.86. The lowest BCUT2D eigenvalue weighted by Crippen LogP contribution is -2.43. The number of thiophene rings is 1. The first-order valence-electron chi connectivity index (χ1n) is 10.5. The highest BCUT2D eigenvalue weighted by Crippen LogP contribution is 2.42. The lowest BCUT2D eigenvalue weighted by Gasteiger charge is -2.40. The van der Waals surface area contributed by atoms with Crippen molar-refractivity contribution in [2.75, 3.05) is 18.8 Å². The van der Waals surface area contributed by atoms with E-state index < -0.39 is 0 Å². The predicted octanol–water partition coefficient (Wildman–Crippen LogP) is 6.13. The Morgan fingerprint density at radius 1 is 1.17 bits per heavy atom. The van der Waals surface area contributed by atoms with Gasteiger partial charge in [-0.25, -0.2) is 9.97 Å². The molecule has 29 heavy (non-hydrogen) atoms. The normalized spacial score (nSPS) is 20.6. The summed E-state index contributed by atoms with van der Waals surface area (Å²) in [6.45, 7) is 6.98. The van der Waals surface area contributed by atoms with E-state index in [2.05, 4.69) is 36.9 Å². The van der Waals surface area contributed by atoms with Crippen molar-refractivity contribution in [3.8, 4) is 10.6 Å². The molecule has 3 aromatic heterocycles. The minimum absolute atomic E-state index is 0.607. The van der Waals surface area contributed by atoms with Crippen LogP contribution in [-0.2, 0) is 0 Å².